The molecule has 0 spiro atoms. The Balaban J connectivity index is 0.00000208. The third-order valence-electron chi connectivity index (χ3n) is 5.02. The molecule has 4 nitrogen and oxygen atoms in total. The van der Waals surface area contributed by atoms with E-state index in [1.807, 2.05) is 0 Å². The van der Waals surface area contributed by atoms with Gasteiger partial charge in [-0.2, -0.15) is 0 Å². The quantitative estimate of drug-likeness (QED) is 0.875. The lowest BCUT2D eigenvalue weighted by molar-refractivity contribution is -0.124. The SMILES string of the molecule is Cc1ccc(C2OCCCC2CNC(=O)C2CCCCN2)cc1.Cl. The Morgan fingerprint density at radius 2 is 2.00 bits per heavy atom. The summed E-state index contributed by atoms with van der Waals surface area (Å²) in [5.41, 5.74) is 2.49. The molecule has 1 aromatic rings. The van der Waals surface area contributed by atoms with Gasteiger partial charge in [0, 0.05) is 19.1 Å². The van der Waals surface area contributed by atoms with Crippen molar-refractivity contribution in [2.75, 3.05) is 19.7 Å². The summed E-state index contributed by atoms with van der Waals surface area (Å²) >= 11 is 0. The molecule has 0 bridgehead atoms. The minimum absolute atomic E-state index is 0. The molecular formula is C19H29ClN2O2. The second-order valence-electron chi connectivity index (χ2n) is 6.85. The van der Waals surface area contributed by atoms with E-state index in [-0.39, 0.29) is 30.5 Å². The van der Waals surface area contributed by atoms with Crippen LogP contribution in [0.15, 0.2) is 24.3 Å². The number of amides is 1. The van der Waals surface area contributed by atoms with Crippen molar-refractivity contribution in [3.8, 4) is 0 Å². The van der Waals surface area contributed by atoms with E-state index in [1.165, 1.54) is 17.5 Å². The minimum Gasteiger partial charge on any atom is -0.373 e. The molecule has 2 saturated heterocycles. The van der Waals surface area contributed by atoms with Gasteiger partial charge in [0.05, 0.1) is 12.1 Å². The van der Waals surface area contributed by atoms with Crippen LogP contribution in [0.4, 0.5) is 0 Å². The van der Waals surface area contributed by atoms with Crippen molar-refractivity contribution in [2.45, 2.75) is 51.2 Å². The van der Waals surface area contributed by atoms with E-state index in [4.69, 9.17) is 4.74 Å². The van der Waals surface area contributed by atoms with Crippen LogP contribution in [0, 0.1) is 12.8 Å². The summed E-state index contributed by atoms with van der Waals surface area (Å²) in [4.78, 5) is 12.3. The lowest BCUT2D eigenvalue weighted by Gasteiger charge is -2.33. The van der Waals surface area contributed by atoms with Crippen LogP contribution in [0.25, 0.3) is 0 Å². The smallest absolute Gasteiger partial charge is 0.237 e. The molecule has 2 heterocycles. The number of piperidine rings is 1. The minimum atomic E-state index is -0.00826. The van der Waals surface area contributed by atoms with Gasteiger partial charge in [-0.3, -0.25) is 4.79 Å². The number of hydrogen-bond donors (Lipinski definition) is 2. The van der Waals surface area contributed by atoms with E-state index in [1.54, 1.807) is 0 Å². The second-order valence-corrected chi connectivity index (χ2v) is 6.85. The molecule has 0 saturated carbocycles. The Morgan fingerprint density at radius 1 is 1.21 bits per heavy atom. The van der Waals surface area contributed by atoms with Crippen LogP contribution >= 0.6 is 12.4 Å². The van der Waals surface area contributed by atoms with E-state index in [0.717, 1.165) is 38.8 Å². The number of hydrogen-bond acceptors (Lipinski definition) is 3. The zero-order chi connectivity index (χ0) is 16.1. The van der Waals surface area contributed by atoms with Crippen LogP contribution in [0.5, 0.6) is 0 Å². The largest absolute Gasteiger partial charge is 0.373 e. The first kappa shape index (κ1) is 19.2. The first-order valence-corrected chi connectivity index (χ1v) is 8.93. The number of carbonyl (C=O) groups is 1. The molecule has 2 aliphatic heterocycles. The maximum atomic E-state index is 12.3. The first-order valence-electron chi connectivity index (χ1n) is 8.93. The predicted octanol–water partition coefficient (Wildman–Crippen LogP) is 3.14. The normalized spacial score (nSPS) is 27.1. The fourth-order valence-electron chi connectivity index (χ4n) is 3.61. The summed E-state index contributed by atoms with van der Waals surface area (Å²) in [6.45, 7) is 4.57. The van der Waals surface area contributed by atoms with Crippen LogP contribution in [0.1, 0.15) is 49.3 Å². The number of ether oxygens (including phenoxy) is 1. The molecule has 1 amide bonds. The van der Waals surface area contributed by atoms with E-state index in [0.29, 0.717) is 12.5 Å². The molecule has 134 valence electrons. The van der Waals surface area contributed by atoms with Crippen LogP contribution < -0.4 is 10.6 Å². The number of halogens is 1. The Hall–Kier alpha value is -1.10. The van der Waals surface area contributed by atoms with E-state index in [2.05, 4.69) is 41.8 Å². The summed E-state index contributed by atoms with van der Waals surface area (Å²) in [6, 6.07) is 8.57. The average molecular weight is 353 g/mol. The van der Waals surface area contributed by atoms with Gasteiger partial charge in [-0.05, 0) is 44.7 Å². The number of aryl methyl sites for hydroxylation is 1. The summed E-state index contributed by atoms with van der Waals surface area (Å²) in [7, 11) is 0. The number of rotatable bonds is 4. The maximum Gasteiger partial charge on any atom is 0.237 e. The Kier molecular flexibility index (Phi) is 7.53. The molecule has 3 unspecified atom stereocenters. The number of nitrogens with one attached hydrogen (secondary N) is 2. The highest BCUT2D eigenvalue weighted by molar-refractivity contribution is 5.85. The van der Waals surface area contributed by atoms with Crippen LogP contribution in [-0.2, 0) is 9.53 Å². The van der Waals surface area contributed by atoms with Crippen molar-refractivity contribution >= 4 is 18.3 Å². The van der Waals surface area contributed by atoms with Gasteiger partial charge in [0.15, 0.2) is 0 Å². The van der Waals surface area contributed by atoms with Gasteiger partial charge >= 0.3 is 0 Å². The molecule has 5 heteroatoms. The molecule has 2 N–H and O–H groups in total. The van der Waals surface area contributed by atoms with E-state index >= 15 is 0 Å². The molecule has 0 aromatic heterocycles. The van der Waals surface area contributed by atoms with Gasteiger partial charge in [0.25, 0.3) is 0 Å². The third-order valence-corrected chi connectivity index (χ3v) is 5.02. The van der Waals surface area contributed by atoms with E-state index < -0.39 is 0 Å². The lowest BCUT2D eigenvalue weighted by atomic mass is 9.89. The van der Waals surface area contributed by atoms with Crippen molar-refractivity contribution in [1.29, 1.82) is 0 Å². The molecule has 0 radical (unpaired) electrons. The predicted molar refractivity (Wildman–Crippen MR) is 98.5 cm³/mol. The summed E-state index contributed by atoms with van der Waals surface area (Å²) < 4.78 is 6.03. The average Bonchev–Trinajstić information content (AvgIpc) is 2.61. The van der Waals surface area contributed by atoms with Gasteiger partial charge in [-0.1, -0.05) is 36.2 Å². The Bertz CT molecular complexity index is 515. The van der Waals surface area contributed by atoms with Gasteiger partial charge in [-0.25, -0.2) is 0 Å². The highest BCUT2D eigenvalue weighted by Crippen LogP contribution is 2.33. The highest BCUT2D eigenvalue weighted by Gasteiger charge is 2.29. The monoisotopic (exact) mass is 352 g/mol. The van der Waals surface area contributed by atoms with Crippen molar-refractivity contribution in [2.24, 2.45) is 5.92 Å². The van der Waals surface area contributed by atoms with Crippen molar-refractivity contribution in [3.63, 3.8) is 0 Å². The Labute approximate surface area is 151 Å². The Morgan fingerprint density at radius 3 is 2.71 bits per heavy atom. The molecular weight excluding hydrogens is 324 g/mol. The molecule has 3 rings (SSSR count). The van der Waals surface area contributed by atoms with Crippen molar-refractivity contribution in [3.05, 3.63) is 35.4 Å². The van der Waals surface area contributed by atoms with Crippen LogP contribution in [0.2, 0.25) is 0 Å². The standard InChI is InChI=1S/C19H28N2O2.ClH/c1-14-7-9-15(10-8-14)18-16(5-4-12-23-18)13-21-19(22)17-6-2-3-11-20-17;/h7-10,16-18,20H,2-6,11-13H2,1H3,(H,21,22);1H. The fraction of sp³-hybridized carbons (Fsp3) is 0.632. The molecule has 1 aromatic carbocycles. The zero-order valence-corrected chi connectivity index (χ0v) is 15.2. The molecule has 24 heavy (non-hydrogen) atoms. The summed E-state index contributed by atoms with van der Waals surface area (Å²) in [5.74, 6) is 0.511. The van der Waals surface area contributed by atoms with Crippen molar-refractivity contribution in [1.82, 2.24) is 10.6 Å². The first-order chi connectivity index (χ1) is 11.2. The summed E-state index contributed by atoms with van der Waals surface area (Å²) in [6.07, 6.45) is 5.55. The number of benzene rings is 1. The number of carbonyl (C=O) groups excluding carboxylic acids is 1. The van der Waals surface area contributed by atoms with Gasteiger partial charge in [0.2, 0.25) is 5.91 Å². The van der Waals surface area contributed by atoms with Crippen LogP contribution in [-0.4, -0.2) is 31.6 Å². The molecule has 2 fully saturated rings. The van der Waals surface area contributed by atoms with E-state index in [9.17, 15) is 4.79 Å². The third kappa shape index (κ3) is 4.95. The topological polar surface area (TPSA) is 50.4 Å². The highest BCUT2D eigenvalue weighted by atomic mass is 35.5. The molecule has 3 atom stereocenters. The summed E-state index contributed by atoms with van der Waals surface area (Å²) in [5, 5.41) is 6.46. The maximum absolute atomic E-state index is 12.3. The molecule has 2 aliphatic rings. The zero-order valence-electron chi connectivity index (χ0n) is 14.4. The van der Waals surface area contributed by atoms with Crippen molar-refractivity contribution < 1.29 is 9.53 Å². The second kappa shape index (κ2) is 9.40. The molecule has 0 aliphatic carbocycles. The lowest BCUT2D eigenvalue weighted by Crippen LogP contribution is -2.48. The van der Waals surface area contributed by atoms with Gasteiger partial charge in [0.1, 0.15) is 0 Å². The van der Waals surface area contributed by atoms with Gasteiger partial charge in [-0.15, -0.1) is 12.4 Å². The van der Waals surface area contributed by atoms with Crippen LogP contribution in [0.3, 0.4) is 0 Å². The fourth-order valence-corrected chi connectivity index (χ4v) is 3.61. The van der Waals surface area contributed by atoms with Gasteiger partial charge < -0.3 is 15.4 Å².